The minimum absolute atomic E-state index is 0.0547. The SMILES string of the molecule is NC1=NCc2cc3cnc(Nc4ccc(S(N)(=O)=O)cc4)nc3n2C12CCCCC2. The van der Waals surface area contributed by atoms with E-state index < -0.39 is 10.0 Å². The van der Waals surface area contributed by atoms with Crippen LogP contribution in [0.2, 0.25) is 0 Å². The summed E-state index contributed by atoms with van der Waals surface area (Å²) >= 11 is 0. The van der Waals surface area contributed by atoms with Gasteiger partial charge in [0.25, 0.3) is 0 Å². The molecule has 1 aliphatic carbocycles. The normalized spacial score (nSPS) is 18.2. The molecule has 5 N–H and O–H groups in total. The fourth-order valence-corrected chi connectivity index (χ4v) is 5.11. The topological polar surface area (TPSA) is 141 Å². The lowest BCUT2D eigenvalue weighted by Gasteiger charge is -2.41. The number of primary sulfonamides is 1. The average Bonchev–Trinajstić information content (AvgIpc) is 3.10. The van der Waals surface area contributed by atoms with Crippen LogP contribution in [0.1, 0.15) is 37.8 Å². The first kappa shape index (κ1) is 19.0. The van der Waals surface area contributed by atoms with Crippen molar-refractivity contribution in [1.29, 1.82) is 0 Å². The predicted molar refractivity (Wildman–Crippen MR) is 115 cm³/mol. The monoisotopic (exact) mass is 425 g/mol. The van der Waals surface area contributed by atoms with Gasteiger partial charge in [-0.15, -0.1) is 0 Å². The molecule has 0 radical (unpaired) electrons. The van der Waals surface area contributed by atoms with E-state index in [1.807, 2.05) is 0 Å². The Kier molecular flexibility index (Phi) is 4.30. The van der Waals surface area contributed by atoms with Crippen molar-refractivity contribution in [3.8, 4) is 0 Å². The van der Waals surface area contributed by atoms with Crippen LogP contribution in [0.5, 0.6) is 0 Å². The number of aliphatic imine (C=N–C) groups is 1. The summed E-state index contributed by atoms with van der Waals surface area (Å²) < 4.78 is 25.1. The van der Waals surface area contributed by atoms with Crippen LogP contribution in [0.4, 0.5) is 11.6 Å². The molecule has 1 fully saturated rings. The second kappa shape index (κ2) is 6.78. The molecule has 30 heavy (non-hydrogen) atoms. The van der Waals surface area contributed by atoms with Crippen LogP contribution in [0.15, 0.2) is 46.4 Å². The van der Waals surface area contributed by atoms with Crippen LogP contribution >= 0.6 is 0 Å². The lowest BCUT2D eigenvalue weighted by molar-refractivity contribution is 0.273. The number of hydrogen-bond donors (Lipinski definition) is 3. The van der Waals surface area contributed by atoms with E-state index in [0.717, 1.165) is 42.4 Å². The Labute approximate surface area is 174 Å². The highest BCUT2D eigenvalue weighted by Crippen LogP contribution is 2.41. The molecule has 1 aromatic carbocycles. The molecule has 0 bridgehead atoms. The Bertz CT molecular complexity index is 1260. The second-order valence-electron chi connectivity index (χ2n) is 7.93. The highest BCUT2D eigenvalue weighted by molar-refractivity contribution is 7.89. The summed E-state index contributed by atoms with van der Waals surface area (Å²) in [5, 5.41) is 9.25. The molecule has 0 unspecified atom stereocenters. The van der Waals surface area contributed by atoms with Gasteiger partial charge >= 0.3 is 0 Å². The lowest BCUT2D eigenvalue weighted by atomic mass is 9.79. The molecular formula is C20H23N7O2S. The Morgan fingerprint density at radius 1 is 1.10 bits per heavy atom. The first-order valence-electron chi connectivity index (χ1n) is 9.95. The van der Waals surface area contributed by atoms with Gasteiger partial charge in [0.05, 0.1) is 11.4 Å². The lowest BCUT2D eigenvalue weighted by Crippen LogP contribution is -2.50. The number of sulfonamides is 1. The molecule has 1 saturated carbocycles. The minimum atomic E-state index is -3.73. The van der Waals surface area contributed by atoms with Crippen LogP contribution in [-0.4, -0.2) is 28.8 Å². The van der Waals surface area contributed by atoms with E-state index >= 15 is 0 Å². The van der Waals surface area contributed by atoms with Gasteiger partial charge in [-0.2, -0.15) is 4.98 Å². The molecule has 3 aromatic rings. The summed E-state index contributed by atoms with van der Waals surface area (Å²) in [5.74, 6) is 1.12. The summed E-state index contributed by atoms with van der Waals surface area (Å²) in [5.41, 5.74) is 8.73. The zero-order chi connectivity index (χ0) is 20.9. The Hall–Kier alpha value is -2.98. The van der Waals surface area contributed by atoms with E-state index in [1.54, 1.807) is 18.3 Å². The third-order valence-electron chi connectivity index (χ3n) is 6.05. The molecule has 1 aliphatic heterocycles. The van der Waals surface area contributed by atoms with Gasteiger partial charge in [-0.3, -0.25) is 4.99 Å². The van der Waals surface area contributed by atoms with Gasteiger partial charge in [-0.25, -0.2) is 18.5 Å². The molecule has 5 rings (SSSR count). The van der Waals surface area contributed by atoms with Gasteiger partial charge in [0.15, 0.2) is 0 Å². The van der Waals surface area contributed by atoms with Crippen molar-refractivity contribution in [2.24, 2.45) is 15.9 Å². The Balaban J connectivity index is 1.54. The standard InChI is InChI=1S/C20H23N7O2S/c21-18-20(8-2-1-3-9-20)27-15(12-23-18)10-13-11-24-19(26-17(13)27)25-14-4-6-16(7-5-14)30(22,28)29/h4-7,10-11H,1-3,8-9,12H2,(H2,21,23)(H2,22,28,29)(H,24,25,26). The van der Waals surface area contributed by atoms with E-state index in [1.165, 1.54) is 18.6 Å². The zero-order valence-electron chi connectivity index (χ0n) is 16.4. The van der Waals surface area contributed by atoms with E-state index in [-0.39, 0.29) is 10.4 Å². The molecule has 0 saturated heterocycles. The van der Waals surface area contributed by atoms with Gasteiger partial charge < -0.3 is 15.6 Å². The number of amidine groups is 1. The number of fused-ring (bicyclic) bond motifs is 4. The molecule has 2 aliphatic rings. The fourth-order valence-electron chi connectivity index (χ4n) is 4.60. The van der Waals surface area contributed by atoms with Crippen molar-refractivity contribution in [2.75, 3.05) is 5.32 Å². The highest BCUT2D eigenvalue weighted by atomic mass is 32.2. The smallest absolute Gasteiger partial charge is 0.238 e. The van der Waals surface area contributed by atoms with E-state index in [4.69, 9.17) is 15.9 Å². The fraction of sp³-hybridized carbons (Fsp3) is 0.350. The van der Waals surface area contributed by atoms with Crippen molar-refractivity contribution < 1.29 is 8.42 Å². The third kappa shape index (κ3) is 3.03. The molecule has 156 valence electrons. The number of benzene rings is 1. The van der Waals surface area contributed by atoms with Crippen molar-refractivity contribution in [1.82, 2.24) is 14.5 Å². The summed E-state index contributed by atoms with van der Waals surface area (Å²) in [6, 6.07) is 8.25. The summed E-state index contributed by atoms with van der Waals surface area (Å²) in [6.45, 7) is 0.543. The average molecular weight is 426 g/mol. The van der Waals surface area contributed by atoms with Gasteiger partial charge in [0, 0.05) is 23.0 Å². The number of aromatic nitrogens is 3. The number of nitrogens with two attached hydrogens (primary N) is 2. The number of nitrogens with zero attached hydrogens (tertiary/aromatic N) is 4. The predicted octanol–water partition coefficient (Wildman–Crippen LogP) is 2.35. The van der Waals surface area contributed by atoms with Crippen molar-refractivity contribution in [2.45, 2.75) is 49.1 Å². The molecule has 9 nitrogen and oxygen atoms in total. The van der Waals surface area contributed by atoms with E-state index in [2.05, 4.69) is 25.9 Å². The van der Waals surface area contributed by atoms with Gasteiger partial charge in [-0.1, -0.05) is 19.3 Å². The third-order valence-corrected chi connectivity index (χ3v) is 6.98. The van der Waals surface area contributed by atoms with Crippen molar-refractivity contribution in [3.05, 3.63) is 42.2 Å². The van der Waals surface area contributed by atoms with Crippen LogP contribution in [0.25, 0.3) is 11.0 Å². The summed E-state index contributed by atoms with van der Waals surface area (Å²) in [4.78, 5) is 13.9. The molecule has 10 heteroatoms. The van der Waals surface area contributed by atoms with Crippen LogP contribution in [0.3, 0.4) is 0 Å². The summed E-state index contributed by atoms with van der Waals surface area (Å²) in [7, 11) is -3.73. The largest absolute Gasteiger partial charge is 0.385 e. The van der Waals surface area contributed by atoms with Gasteiger partial charge in [0.2, 0.25) is 16.0 Å². The first-order valence-corrected chi connectivity index (χ1v) is 11.5. The summed E-state index contributed by atoms with van der Waals surface area (Å²) in [6.07, 6.45) is 7.15. The van der Waals surface area contributed by atoms with E-state index in [9.17, 15) is 8.42 Å². The van der Waals surface area contributed by atoms with Crippen molar-refractivity contribution in [3.63, 3.8) is 0 Å². The number of anilines is 2. The maximum absolute atomic E-state index is 11.4. The molecule has 2 aromatic heterocycles. The molecule has 3 heterocycles. The second-order valence-corrected chi connectivity index (χ2v) is 9.49. The number of nitrogens with one attached hydrogen (secondary N) is 1. The molecule has 0 atom stereocenters. The van der Waals surface area contributed by atoms with Crippen LogP contribution in [-0.2, 0) is 22.1 Å². The number of hydrogen-bond acceptors (Lipinski definition) is 7. The zero-order valence-corrected chi connectivity index (χ0v) is 17.2. The maximum atomic E-state index is 11.4. The minimum Gasteiger partial charge on any atom is -0.385 e. The highest BCUT2D eigenvalue weighted by Gasteiger charge is 2.42. The number of rotatable bonds is 3. The quantitative estimate of drug-likeness (QED) is 0.588. The van der Waals surface area contributed by atoms with E-state index in [0.29, 0.717) is 24.0 Å². The Morgan fingerprint density at radius 2 is 1.83 bits per heavy atom. The molecule has 0 amide bonds. The van der Waals surface area contributed by atoms with Crippen molar-refractivity contribution >= 4 is 38.5 Å². The van der Waals surface area contributed by atoms with Crippen LogP contribution < -0.4 is 16.2 Å². The molecular weight excluding hydrogens is 402 g/mol. The van der Waals surface area contributed by atoms with Gasteiger partial charge in [-0.05, 0) is 43.2 Å². The Morgan fingerprint density at radius 3 is 2.53 bits per heavy atom. The first-order chi connectivity index (χ1) is 14.4. The van der Waals surface area contributed by atoms with Gasteiger partial charge in [0.1, 0.15) is 17.0 Å². The van der Waals surface area contributed by atoms with Crippen LogP contribution in [0, 0.1) is 0 Å². The maximum Gasteiger partial charge on any atom is 0.238 e. The molecule has 1 spiro atoms.